The van der Waals surface area contributed by atoms with Gasteiger partial charge in [-0.15, -0.1) is 11.3 Å². The highest BCUT2D eigenvalue weighted by molar-refractivity contribution is 7.14. The lowest BCUT2D eigenvalue weighted by atomic mass is 10.1. The fourth-order valence-electron chi connectivity index (χ4n) is 3.23. The minimum Gasteiger partial charge on any atom is -0.494 e. The van der Waals surface area contributed by atoms with E-state index in [1.54, 1.807) is 47.8 Å². The predicted octanol–water partition coefficient (Wildman–Crippen LogP) is 6.53. The molecule has 0 unspecified atom stereocenters. The number of carbonyl (C=O) groups is 1. The number of hydrogen-bond acceptors (Lipinski definition) is 5. The molecule has 172 valence electrons. The highest BCUT2D eigenvalue weighted by atomic mass is 32.1. The number of amides is 1. The van der Waals surface area contributed by atoms with Crippen LogP contribution in [-0.4, -0.2) is 18.0 Å². The van der Waals surface area contributed by atoms with Crippen LogP contribution in [-0.2, 0) is 11.4 Å². The minimum atomic E-state index is -0.498. The van der Waals surface area contributed by atoms with Crippen LogP contribution in [0.15, 0.2) is 84.8 Å². The number of carbonyl (C=O) groups excluding carboxylic acids is 1. The maximum Gasteiger partial charge on any atom is 0.256 e. The Morgan fingerprint density at radius 2 is 1.91 bits per heavy atom. The van der Waals surface area contributed by atoms with Gasteiger partial charge in [0.25, 0.3) is 5.91 Å². The lowest BCUT2D eigenvalue weighted by molar-refractivity contribution is -0.113. The first-order valence-corrected chi connectivity index (χ1v) is 11.1. The molecule has 4 aromatic rings. The van der Waals surface area contributed by atoms with Gasteiger partial charge in [-0.25, -0.2) is 13.8 Å². The summed E-state index contributed by atoms with van der Waals surface area (Å²) in [4.78, 5) is 18.6. The summed E-state index contributed by atoms with van der Waals surface area (Å²) in [6.45, 7) is 3.79. The molecule has 0 bridgehead atoms. The van der Waals surface area contributed by atoms with Crippen molar-refractivity contribution in [2.24, 2.45) is 0 Å². The smallest absolute Gasteiger partial charge is 0.256 e. The van der Waals surface area contributed by atoms with Crippen molar-refractivity contribution < 1.29 is 23.0 Å². The van der Waals surface area contributed by atoms with Crippen molar-refractivity contribution in [2.75, 3.05) is 12.0 Å². The van der Waals surface area contributed by atoms with Crippen molar-refractivity contribution in [1.29, 1.82) is 0 Å². The average Bonchev–Trinajstić information content (AvgIpc) is 3.33. The fraction of sp³-hybridized carbons (Fsp3) is 0.0769. The zero-order valence-electron chi connectivity index (χ0n) is 18.2. The molecule has 3 aromatic carbocycles. The van der Waals surface area contributed by atoms with Gasteiger partial charge in [0.2, 0.25) is 0 Å². The van der Waals surface area contributed by atoms with E-state index in [9.17, 15) is 13.6 Å². The monoisotopic (exact) mass is 478 g/mol. The van der Waals surface area contributed by atoms with Gasteiger partial charge < -0.3 is 9.47 Å². The summed E-state index contributed by atoms with van der Waals surface area (Å²) in [5.41, 5.74) is 2.36. The van der Waals surface area contributed by atoms with Gasteiger partial charge in [-0.2, -0.15) is 0 Å². The Balaban J connectivity index is 1.55. The van der Waals surface area contributed by atoms with Crippen molar-refractivity contribution in [1.82, 2.24) is 4.98 Å². The maximum atomic E-state index is 14.1. The van der Waals surface area contributed by atoms with E-state index in [1.807, 2.05) is 0 Å². The highest BCUT2D eigenvalue weighted by Gasteiger charge is 2.20. The topological polar surface area (TPSA) is 51.7 Å². The van der Waals surface area contributed by atoms with Crippen LogP contribution in [0.4, 0.5) is 19.6 Å². The summed E-state index contributed by atoms with van der Waals surface area (Å²) in [5, 5.41) is 2.15. The van der Waals surface area contributed by atoms with Crippen molar-refractivity contribution >= 4 is 28.1 Å². The fourth-order valence-corrected chi connectivity index (χ4v) is 4.09. The number of aromatic nitrogens is 1. The third kappa shape index (κ3) is 5.13. The Hall–Kier alpha value is -4.04. The largest absolute Gasteiger partial charge is 0.494 e. The van der Waals surface area contributed by atoms with Crippen LogP contribution in [0.5, 0.6) is 11.5 Å². The van der Waals surface area contributed by atoms with Gasteiger partial charge in [0.1, 0.15) is 18.2 Å². The van der Waals surface area contributed by atoms with Gasteiger partial charge in [0, 0.05) is 10.9 Å². The Labute approximate surface area is 199 Å². The molecule has 0 atom stereocenters. The van der Waals surface area contributed by atoms with Crippen LogP contribution in [0, 0.1) is 11.6 Å². The molecule has 0 aliphatic carbocycles. The maximum absolute atomic E-state index is 14.1. The molecule has 1 heterocycles. The summed E-state index contributed by atoms with van der Waals surface area (Å²) in [5.74, 6) is -0.484. The van der Waals surface area contributed by atoms with Crippen LogP contribution in [0.25, 0.3) is 11.3 Å². The Bertz CT molecular complexity index is 1320. The standard InChI is InChI=1S/C26H20F2N2O3S/c1-3-25(31)30(26-29-23(16-34-26)18-7-12-24(32-2)22(28)14-18)20-8-10-21(11-9-20)33-15-17-5-4-6-19(27)13-17/h3-14,16H,1,15H2,2H3. The van der Waals surface area contributed by atoms with Crippen molar-refractivity contribution in [3.63, 3.8) is 0 Å². The molecule has 0 spiro atoms. The number of ether oxygens (including phenoxy) is 2. The molecule has 1 aromatic heterocycles. The second-order valence-electron chi connectivity index (χ2n) is 7.15. The van der Waals surface area contributed by atoms with E-state index >= 15 is 0 Å². The first kappa shape index (κ1) is 23.1. The molecule has 0 saturated heterocycles. The first-order chi connectivity index (χ1) is 16.5. The second-order valence-corrected chi connectivity index (χ2v) is 7.99. The molecule has 0 fully saturated rings. The van der Waals surface area contributed by atoms with Crippen molar-refractivity contribution in [3.8, 4) is 22.8 Å². The number of benzene rings is 3. The second kappa shape index (κ2) is 10.3. The lowest BCUT2D eigenvalue weighted by Crippen LogP contribution is -2.23. The Morgan fingerprint density at radius 3 is 2.59 bits per heavy atom. The van der Waals surface area contributed by atoms with Crippen LogP contribution >= 0.6 is 11.3 Å². The number of thiazole rings is 1. The normalized spacial score (nSPS) is 10.6. The predicted molar refractivity (Wildman–Crippen MR) is 129 cm³/mol. The molecule has 0 aliphatic heterocycles. The highest BCUT2D eigenvalue weighted by Crippen LogP contribution is 2.34. The number of halogens is 2. The molecule has 0 saturated carbocycles. The summed E-state index contributed by atoms with van der Waals surface area (Å²) in [6, 6.07) is 17.6. The van der Waals surface area contributed by atoms with Gasteiger partial charge in [-0.3, -0.25) is 9.69 Å². The molecule has 1 amide bonds. The number of nitrogens with zero attached hydrogens (tertiary/aromatic N) is 2. The summed E-state index contributed by atoms with van der Waals surface area (Å²) >= 11 is 1.25. The first-order valence-electron chi connectivity index (χ1n) is 10.2. The van der Waals surface area contributed by atoms with E-state index in [2.05, 4.69) is 11.6 Å². The van der Waals surface area contributed by atoms with E-state index in [0.29, 0.717) is 33.4 Å². The van der Waals surface area contributed by atoms with Gasteiger partial charge in [0.15, 0.2) is 16.7 Å². The minimum absolute atomic E-state index is 0.141. The quantitative estimate of drug-likeness (QED) is 0.270. The molecule has 4 rings (SSSR count). The van der Waals surface area contributed by atoms with Gasteiger partial charge in [-0.05, 0) is 66.2 Å². The van der Waals surface area contributed by atoms with Crippen molar-refractivity contribution in [3.05, 3.63) is 102 Å². The molecule has 8 heteroatoms. The summed E-state index contributed by atoms with van der Waals surface area (Å²) in [7, 11) is 1.40. The number of hydrogen-bond donors (Lipinski definition) is 0. The zero-order valence-corrected chi connectivity index (χ0v) is 19.0. The molecule has 34 heavy (non-hydrogen) atoms. The van der Waals surface area contributed by atoms with Gasteiger partial charge in [0.05, 0.1) is 18.5 Å². The van der Waals surface area contributed by atoms with Crippen LogP contribution in [0.2, 0.25) is 0 Å². The van der Waals surface area contributed by atoms with Gasteiger partial charge >= 0.3 is 0 Å². The van der Waals surface area contributed by atoms with E-state index < -0.39 is 5.82 Å². The molecular weight excluding hydrogens is 458 g/mol. The average molecular weight is 479 g/mol. The molecule has 5 nitrogen and oxygen atoms in total. The summed E-state index contributed by atoms with van der Waals surface area (Å²) in [6.07, 6.45) is 1.20. The van der Waals surface area contributed by atoms with Crippen molar-refractivity contribution in [2.45, 2.75) is 6.61 Å². The third-order valence-electron chi connectivity index (χ3n) is 4.92. The number of rotatable bonds is 8. The molecule has 0 N–H and O–H groups in total. The molecular formula is C26H20F2N2O3S. The third-order valence-corrected chi connectivity index (χ3v) is 5.74. The van der Waals surface area contributed by atoms with E-state index in [-0.39, 0.29) is 24.1 Å². The van der Waals surface area contributed by atoms with Gasteiger partial charge in [-0.1, -0.05) is 18.7 Å². The van der Waals surface area contributed by atoms with E-state index in [0.717, 1.165) is 0 Å². The number of anilines is 2. The van der Waals surface area contributed by atoms with E-state index in [4.69, 9.17) is 9.47 Å². The number of methoxy groups -OCH3 is 1. The zero-order chi connectivity index (χ0) is 24.1. The summed E-state index contributed by atoms with van der Waals surface area (Å²) < 4.78 is 38.1. The Morgan fingerprint density at radius 1 is 1.12 bits per heavy atom. The van der Waals surface area contributed by atoms with Crippen LogP contribution < -0.4 is 14.4 Å². The van der Waals surface area contributed by atoms with Crippen LogP contribution in [0.3, 0.4) is 0 Å². The van der Waals surface area contributed by atoms with E-state index in [1.165, 1.54) is 53.7 Å². The molecule has 0 aliphatic rings. The SMILES string of the molecule is C=CC(=O)N(c1ccc(OCc2cccc(F)c2)cc1)c1nc(-c2ccc(OC)c(F)c2)cs1. The lowest BCUT2D eigenvalue weighted by Gasteiger charge is -2.18. The molecule has 0 radical (unpaired) electrons. The Kier molecular flexibility index (Phi) is 6.98. The van der Waals surface area contributed by atoms with Crippen LogP contribution in [0.1, 0.15) is 5.56 Å².